The average Bonchev–Trinajstić information content (AvgIpc) is 2.30. The van der Waals surface area contributed by atoms with Gasteiger partial charge < -0.3 is 0 Å². The summed E-state index contributed by atoms with van der Waals surface area (Å²) in [5, 5.41) is 10.0. The number of nitrogens with zero attached hydrogens (tertiary/aromatic N) is 1. The third kappa shape index (κ3) is 2.28. The minimum Gasteiger partial charge on any atom is -0.259 e. The van der Waals surface area contributed by atoms with Crippen LogP contribution in [0, 0.1) is 33.8 Å². The quantitative estimate of drug-likeness (QED) is 0.374. The average molecular weight is 182 g/mol. The molecule has 0 atom stereocenters. The van der Waals surface area contributed by atoms with Gasteiger partial charge >= 0.3 is 0 Å². The molecule has 0 unspecified atom stereocenters. The van der Waals surface area contributed by atoms with Crippen molar-refractivity contribution in [3.8, 4) is 0 Å². The van der Waals surface area contributed by atoms with Crippen LogP contribution in [0.5, 0.6) is 0 Å². The van der Waals surface area contributed by atoms with Crippen LogP contribution in [-0.2, 0) is 0 Å². The van der Waals surface area contributed by atoms with Gasteiger partial charge in [-0.3, -0.25) is 10.1 Å². The van der Waals surface area contributed by atoms with Crippen LogP contribution in [0.3, 0.4) is 0 Å². The van der Waals surface area contributed by atoms with Crippen molar-refractivity contribution in [1.29, 1.82) is 0 Å². The molecule has 0 aromatic heterocycles. The predicted octanol–water partition coefficient (Wildman–Crippen LogP) is 2.62. The highest BCUT2D eigenvalue weighted by atomic mass is 31.1. The second kappa shape index (κ2) is 3.99. The van der Waals surface area contributed by atoms with Gasteiger partial charge in [-0.1, -0.05) is 22.4 Å². The fourth-order valence-electron chi connectivity index (χ4n) is 0.862. The fraction of sp³-hybridized carbons (Fsp3) is 0.250. The lowest BCUT2D eigenvalue weighted by molar-refractivity contribution is -0.402. The third-order valence-electron chi connectivity index (χ3n) is 1.73. The second-order valence-corrected chi connectivity index (χ2v) is 3.55. The molecule has 0 aromatic carbocycles. The first-order valence-electron chi connectivity index (χ1n) is 3.52. The summed E-state index contributed by atoms with van der Waals surface area (Å²) in [6.45, 7) is 3.99. The lowest BCUT2D eigenvalue weighted by Gasteiger charge is -2.09. The van der Waals surface area contributed by atoms with E-state index in [9.17, 15) is 10.1 Å². The minimum atomic E-state index is -0.441. The number of hydrogen-bond acceptors (Lipinski definition) is 2. The van der Waals surface area contributed by atoms with E-state index >= 15 is 0 Å². The Labute approximate surface area is 74.2 Å². The van der Waals surface area contributed by atoms with Gasteiger partial charge in [-0.2, -0.15) is 0 Å². The number of hydrogen-bond donors (Lipinski definition) is 0. The first kappa shape index (κ1) is 9.66. The van der Waals surface area contributed by atoms with E-state index in [0.29, 0.717) is 0 Å². The SMILES string of the molecule is C[C]1[CH][P][C](/C=C/[N+](=O)[O-])[C]1C. The van der Waals surface area contributed by atoms with E-state index in [4.69, 9.17) is 0 Å². The van der Waals surface area contributed by atoms with Crippen molar-refractivity contribution in [2.45, 2.75) is 13.8 Å². The van der Waals surface area contributed by atoms with Crippen molar-refractivity contribution in [2.24, 2.45) is 0 Å². The summed E-state index contributed by atoms with van der Waals surface area (Å²) < 4.78 is 0. The molecular weight excluding hydrogens is 173 g/mol. The van der Waals surface area contributed by atoms with E-state index in [1.54, 1.807) is 6.08 Å². The Bertz CT molecular complexity index is 205. The van der Waals surface area contributed by atoms with E-state index in [1.165, 1.54) is 5.92 Å². The minimum absolute atomic E-state index is 0.441. The molecule has 0 N–H and O–H groups in total. The maximum atomic E-state index is 10.0. The van der Waals surface area contributed by atoms with Gasteiger partial charge in [0.25, 0.3) is 0 Å². The molecule has 0 spiro atoms. The smallest absolute Gasteiger partial charge is 0.231 e. The number of allylic oxidation sites excluding steroid dienone is 1. The van der Waals surface area contributed by atoms with E-state index in [2.05, 4.69) is 6.16 Å². The van der Waals surface area contributed by atoms with Gasteiger partial charge in [-0.05, 0) is 24.1 Å². The molecule has 0 saturated carbocycles. The van der Waals surface area contributed by atoms with Gasteiger partial charge in [0, 0.05) is 5.66 Å². The normalized spacial score (nSPS) is 24.5. The van der Waals surface area contributed by atoms with Crippen molar-refractivity contribution < 1.29 is 4.92 Å². The highest BCUT2D eigenvalue weighted by Gasteiger charge is 2.30. The van der Waals surface area contributed by atoms with Crippen molar-refractivity contribution in [3.05, 3.63) is 46.0 Å². The Morgan fingerprint density at radius 2 is 2.25 bits per heavy atom. The van der Waals surface area contributed by atoms with E-state index in [-0.39, 0.29) is 0 Å². The zero-order valence-corrected chi connectivity index (χ0v) is 7.84. The number of nitro groups is 1. The zero-order valence-electron chi connectivity index (χ0n) is 6.94. The molecule has 1 rings (SSSR count). The van der Waals surface area contributed by atoms with Gasteiger partial charge in [-0.25, -0.2) is 0 Å². The standard InChI is InChI=1S/C8H9NO2P/c1-6-5-12-8(7(6)2)3-4-9(10)11/h3-5H,1-2H3/b4-3+. The first-order chi connectivity index (χ1) is 5.61. The maximum Gasteiger partial charge on any atom is 0.231 e. The van der Waals surface area contributed by atoms with Crippen molar-refractivity contribution in [1.82, 2.24) is 0 Å². The van der Waals surface area contributed by atoms with E-state index in [0.717, 1.165) is 26.4 Å². The van der Waals surface area contributed by atoms with Crippen LogP contribution in [0.15, 0.2) is 12.3 Å². The highest BCUT2D eigenvalue weighted by molar-refractivity contribution is 7.46. The van der Waals surface area contributed by atoms with Gasteiger partial charge in [0.15, 0.2) is 0 Å². The van der Waals surface area contributed by atoms with Gasteiger partial charge in [0.2, 0.25) is 6.20 Å². The third-order valence-corrected chi connectivity index (χ3v) is 3.01. The summed E-state index contributed by atoms with van der Waals surface area (Å²) in [6, 6.07) is 0. The van der Waals surface area contributed by atoms with Crippen LogP contribution in [0.4, 0.5) is 0 Å². The molecule has 5 radical (unpaired) electrons. The molecule has 1 aliphatic heterocycles. The van der Waals surface area contributed by atoms with Gasteiger partial charge in [-0.15, -0.1) is 0 Å². The lowest BCUT2D eigenvalue weighted by Crippen LogP contribution is -1.99. The summed E-state index contributed by atoms with van der Waals surface area (Å²) in [5.41, 5.74) is 1.02. The molecule has 0 amide bonds. The lowest BCUT2D eigenvalue weighted by atomic mass is 9.95. The molecule has 1 fully saturated rings. The topological polar surface area (TPSA) is 43.1 Å². The molecule has 1 saturated heterocycles. The Morgan fingerprint density at radius 1 is 1.58 bits per heavy atom. The fourth-order valence-corrected chi connectivity index (χ4v) is 1.91. The first-order valence-corrected chi connectivity index (χ1v) is 4.48. The van der Waals surface area contributed by atoms with Crippen LogP contribution < -0.4 is 0 Å². The highest BCUT2D eigenvalue weighted by Crippen LogP contribution is 2.53. The number of rotatable bonds is 2. The van der Waals surface area contributed by atoms with Crippen LogP contribution in [0.1, 0.15) is 13.8 Å². The molecule has 4 heteroatoms. The molecular formula is C8H9NO2P. The molecule has 1 heterocycles. The molecule has 63 valence electrons. The van der Waals surface area contributed by atoms with Crippen LogP contribution in [-0.4, -0.2) is 4.92 Å². The summed E-state index contributed by atoms with van der Waals surface area (Å²) >= 11 is 0. The van der Waals surface area contributed by atoms with E-state index < -0.39 is 4.92 Å². The van der Waals surface area contributed by atoms with Crippen LogP contribution in [0.25, 0.3) is 0 Å². The monoisotopic (exact) mass is 182 g/mol. The summed E-state index contributed by atoms with van der Waals surface area (Å²) in [6.07, 6.45) is 4.59. The molecule has 0 aliphatic carbocycles. The van der Waals surface area contributed by atoms with Crippen molar-refractivity contribution >= 4 is 8.58 Å². The molecule has 1 aliphatic rings. The molecule has 3 nitrogen and oxygen atoms in total. The Morgan fingerprint density at radius 3 is 2.67 bits per heavy atom. The largest absolute Gasteiger partial charge is 0.259 e. The van der Waals surface area contributed by atoms with Crippen LogP contribution in [0.2, 0.25) is 0 Å². The van der Waals surface area contributed by atoms with Crippen molar-refractivity contribution in [3.63, 3.8) is 0 Å². The van der Waals surface area contributed by atoms with Gasteiger partial charge in [0.05, 0.1) is 4.92 Å². The van der Waals surface area contributed by atoms with Gasteiger partial charge in [0.1, 0.15) is 0 Å². The Kier molecular flexibility index (Phi) is 3.21. The predicted molar refractivity (Wildman–Crippen MR) is 48.4 cm³/mol. The summed E-state index contributed by atoms with van der Waals surface area (Å²) in [7, 11) is 1.06. The second-order valence-electron chi connectivity index (χ2n) is 2.55. The van der Waals surface area contributed by atoms with Crippen molar-refractivity contribution in [2.75, 3.05) is 0 Å². The Hall–Kier alpha value is -0.430. The maximum absolute atomic E-state index is 10.0. The molecule has 12 heavy (non-hydrogen) atoms. The summed E-state index contributed by atoms with van der Waals surface area (Å²) in [5.74, 6) is 2.36. The molecule has 0 bridgehead atoms. The summed E-state index contributed by atoms with van der Waals surface area (Å²) in [4.78, 5) is 9.58. The van der Waals surface area contributed by atoms with Crippen LogP contribution >= 0.6 is 8.58 Å². The Balaban J connectivity index is 2.49. The zero-order chi connectivity index (χ0) is 9.14. The van der Waals surface area contributed by atoms with E-state index in [1.807, 2.05) is 13.8 Å². The molecule has 0 aromatic rings.